The first-order valence-electron chi connectivity index (χ1n) is 9.49. The Bertz CT molecular complexity index is 1310. The summed E-state index contributed by atoms with van der Waals surface area (Å²) in [5, 5.41) is 10.3. The Labute approximate surface area is 174 Å². The van der Waals surface area contributed by atoms with E-state index in [1.165, 1.54) is 17.3 Å². The summed E-state index contributed by atoms with van der Waals surface area (Å²) in [7, 11) is 0. The average molecular weight is 400 g/mol. The Hall–Kier alpha value is -3.10. The van der Waals surface area contributed by atoms with Crippen molar-refractivity contribution >= 4 is 34.2 Å². The molecule has 2 aromatic heterocycles. The van der Waals surface area contributed by atoms with E-state index in [0.29, 0.717) is 11.2 Å². The fourth-order valence-corrected chi connectivity index (χ4v) is 4.64. The maximum atomic E-state index is 13.1. The van der Waals surface area contributed by atoms with Gasteiger partial charge in [-0.2, -0.15) is 5.26 Å². The summed E-state index contributed by atoms with van der Waals surface area (Å²) < 4.78 is 2.00. The normalized spacial score (nSPS) is 12.2. The number of hydrogen-bond acceptors (Lipinski definition) is 4. The van der Waals surface area contributed by atoms with Crippen molar-refractivity contribution in [2.75, 3.05) is 0 Å². The first-order valence-corrected chi connectivity index (χ1v) is 10.4. The smallest absolute Gasteiger partial charge is 0.175 e. The number of hydrogen-bond donors (Lipinski definition) is 0. The standard InChI is InChI=1S/C24H21N3OS/c1-14-9-10-18(11-15(14)2)23(28)17(4)29-22-12-16(3)19(13-25)24-26-20-7-5-6-8-21(20)27(22)24/h5-12,17H,1-4H3/t17-/m0/s1. The number of nitriles is 1. The highest BCUT2D eigenvalue weighted by Gasteiger charge is 2.21. The van der Waals surface area contributed by atoms with Gasteiger partial charge in [0.25, 0.3) is 0 Å². The molecule has 0 aliphatic carbocycles. The lowest BCUT2D eigenvalue weighted by molar-refractivity contribution is 0.0994. The summed E-state index contributed by atoms with van der Waals surface area (Å²) in [4.78, 5) is 17.7. The van der Waals surface area contributed by atoms with Crippen molar-refractivity contribution in [1.82, 2.24) is 9.38 Å². The van der Waals surface area contributed by atoms with Crippen LogP contribution in [-0.4, -0.2) is 20.4 Å². The third-order valence-electron chi connectivity index (χ3n) is 5.31. The quantitative estimate of drug-likeness (QED) is 0.329. The van der Waals surface area contributed by atoms with Crippen LogP contribution in [0.1, 0.15) is 39.5 Å². The first-order chi connectivity index (χ1) is 13.9. The molecule has 0 amide bonds. The van der Waals surface area contributed by atoms with E-state index in [2.05, 4.69) is 11.1 Å². The number of pyridine rings is 1. The molecule has 1 atom stereocenters. The zero-order chi connectivity index (χ0) is 20.7. The topological polar surface area (TPSA) is 58.2 Å². The molecule has 0 fully saturated rings. The fraction of sp³-hybridized carbons (Fsp3) is 0.208. The number of para-hydroxylation sites is 2. The Kier molecular flexibility index (Phi) is 4.89. The molecule has 0 radical (unpaired) electrons. The molecule has 0 spiro atoms. The van der Waals surface area contributed by atoms with Gasteiger partial charge in [-0.3, -0.25) is 9.20 Å². The molecule has 2 aromatic carbocycles. The Morgan fingerprint density at radius 2 is 1.83 bits per heavy atom. The van der Waals surface area contributed by atoms with E-state index in [1.54, 1.807) is 0 Å². The number of ketones is 1. The van der Waals surface area contributed by atoms with Crippen molar-refractivity contribution in [2.45, 2.75) is 38.0 Å². The number of thioether (sulfide) groups is 1. The molecular formula is C24H21N3OS. The second-order valence-electron chi connectivity index (χ2n) is 7.34. The zero-order valence-electron chi connectivity index (χ0n) is 16.9. The number of nitrogens with zero attached hydrogens (tertiary/aromatic N) is 3. The van der Waals surface area contributed by atoms with Gasteiger partial charge in [-0.1, -0.05) is 36.0 Å². The van der Waals surface area contributed by atoms with Crippen molar-refractivity contribution in [3.63, 3.8) is 0 Å². The summed E-state index contributed by atoms with van der Waals surface area (Å²) in [6.07, 6.45) is 0. The number of benzene rings is 2. The van der Waals surface area contributed by atoms with Crippen molar-refractivity contribution in [2.24, 2.45) is 0 Å². The van der Waals surface area contributed by atoms with Gasteiger partial charge < -0.3 is 0 Å². The first kappa shape index (κ1) is 19.2. The highest BCUT2D eigenvalue weighted by Crippen LogP contribution is 2.32. The molecule has 0 N–H and O–H groups in total. The van der Waals surface area contributed by atoms with Crippen LogP contribution in [-0.2, 0) is 0 Å². The van der Waals surface area contributed by atoms with E-state index >= 15 is 0 Å². The maximum Gasteiger partial charge on any atom is 0.175 e. The summed E-state index contributed by atoms with van der Waals surface area (Å²) in [6.45, 7) is 7.91. The third kappa shape index (κ3) is 3.30. The molecule has 29 heavy (non-hydrogen) atoms. The van der Waals surface area contributed by atoms with Crippen LogP contribution in [0.25, 0.3) is 16.7 Å². The van der Waals surface area contributed by atoms with E-state index in [0.717, 1.165) is 32.7 Å². The van der Waals surface area contributed by atoms with Gasteiger partial charge in [0.15, 0.2) is 11.4 Å². The Morgan fingerprint density at radius 1 is 1.07 bits per heavy atom. The van der Waals surface area contributed by atoms with Crippen LogP contribution in [0.5, 0.6) is 0 Å². The number of imidazole rings is 1. The van der Waals surface area contributed by atoms with Crippen LogP contribution in [0.2, 0.25) is 0 Å². The number of carbonyl (C=O) groups is 1. The summed E-state index contributed by atoms with van der Waals surface area (Å²) >= 11 is 1.50. The largest absolute Gasteiger partial charge is 0.293 e. The minimum absolute atomic E-state index is 0.0951. The van der Waals surface area contributed by atoms with Gasteiger partial charge in [0.1, 0.15) is 6.07 Å². The molecule has 0 saturated heterocycles. The maximum absolute atomic E-state index is 13.1. The predicted molar refractivity (Wildman–Crippen MR) is 118 cm³/mol. The predicted octanol–water partition coefficient (Wildman–Crippen LogP) is 5.65. The van der Waals surface area contributed by atoms with Crippen LogP contribution in [0.4, 0.5) is 0 Å². The van der Waals surface area contributed by atoms with Gasteiger partial charge in [-0.05, 0) is 68.7 Å². The Morgan fingerprint density at radius 3 is 2.55 bits per heavy atom. The summed E-state index contributed by atoms with van der Waals surface area (Å²) in [6, 6.07) is 17.9. The van der Waals surface area contributed by atoms with Crippen LogP contribution >= 0.6 is 11.8 Å². The van der Waals surface area contributed by atoms with Gasteiger partial charge in [-0.25, -0.2) is 4.98 Å². The van der Waals surface area contributed by atoms with Crippen LogP contribution < -0.4 is 0 Å². The van der Waals surface area contributed by atoms with E-state index in [4.69, 9.17) is 0 Å². The number of Topliss-reactive ketones (excluding diaryl/α,β-unsaturated/α-hetero) is 1. The van der Waals surface area contributed by atoms with Crippen LogP contribution in [0.15, 0.2) is 53.6 Å². The second kappa shape index (κ2) is 7.38. The van der Waals surface area contributed by atoms with Crippen LogP contribution in [0.3, 0.4) is 0 Å². The molecule has 0 unspecified atom stereocenters. The fourth-order valence-electron chi connectivity index (χ4n) is 3.50. The molecule has 0 aliphatic rings. The van der Waals surface area contributed by atoms with Gasteiger partial charge in [0.05, 0.1) is 26.9 Å². The lowest BCUT2D eigenvalue weighted by atomic mass is 10.0. The number of carbonyl (C=O) groups excluding carboxylic acids is 1. The lowest BCUT2D eigenvalue weighted by Gasteiger charge is -2.15. The molecule has 5 heteroatoms. The number of aromatic nitrogens is 2. The van der Waals surface area contributed by atoms with E-state index in [1.807, 2.05) is 80.6 Å². The minimum atomic E-state index is -0.270. The number of rotatable bonds is 4. The molecule has 0 bridgehead atoms. The molecule has 144 valence electrons. The van der Waals surface area contributed by atoms with E-state index in [9.17, 15) is 10.1 Å². The van der Waals surface area contributed by atoms with E-state index in [-0.39, 0.29) is 11.0 Å². The molecule has 0 aliphatic heterocycles. The highest BCUT2D eigenvalue weighted by atomic mass is 32.2. The molecular weight excluding hydrogens is 378 g/mol. The summed E-state index contributed by atoms with van der Waals surface area (Å²) in [5.74, 6) is 0.0951. The number of fused-ring (bicyclic) bond motifs is 3. The zero-order valence-corrected chi connectivity index (χ0v) is 17.7. The summed E-state index contributed by atoms with van der Waals surface area (Å²) in [5.41, 5.74) is 6.87. The van der Waals surface area contributed by atoms with Crippen molar-refractivity contribution in [3.8, 4) is 6.07 Å². The highest BCUT2D eigenvalue weighted by molar-refractivity contribution is 8.00. The molecule has 4 aromatic rings. The molecule has 2 heterocycles. The third-order valence-corrected chi connectivity index (χ3v) is 6.42. The monoisotopic (exact) mass is 399 g/mol. The van der Waals surface area contributed by atoms with Gasteiger partial charge >= 0.3 is 0 Å². The molecule has 4 rings (SSSR count). The van der Waals surface area contributed by atoms with E-state index < -0.39 is 0 Å². The lowest BCUT2D eigenvalue weighted by Crippen LogP contribution is -2.14. The molecule has 0 saturated carbocycles. The van der Waals surface area contributed by atoms with Gasteiger partial charge in [0, 0.05) is 5.56 Å². The van der Waals surface area contributed by atoms with Gasteiger partial charge in [0.2, 0.25) is 0 Å². The second-order valence-corrected chi connectivity index (χ2v) is 8.70. The average Bonchev–Trinajstić information content (AvgIpc) is 3.09. The van der Waals surface area contributed by atoms with Crippen molar-refractivity contribution in [3.05, 3.63) is 76.3 Å². The number of aryl methyl sites for hydroxylation is 3. The molecule has 4 nitrogen and oxygen atoms in total. The van der Waals surface area contributed by atoms with Gasteiger partial charge in [-0.15, -0.1) is 0 Å². The Balaban J connectivity index is 1.80. The van der Waals surface area contributed by atoms with Crippen LogP contribution in [0, 0.1) is 32.1 Å². The SMILES string of the molecule is Cc1ccc(C(=O)[C@H](C)Sc2cc(C)c(C#N)c3nc4ccccc4n23)cc1C. The van der Waals surface area contributed by atoms with Crippen molar-refractivity contribution in [1.29, 1.82) is 5.26 Å². The minimum Gasteiger partial charge on any atom is -0.293 e. The van der Waals surface area contributed by atoms with Crippen molar-refractivity contribution < 1.29 is 4.79 Å².